The van der Waals surface area contributed by atoms with E-state index in [-0.39, 0.29) is 5.41 Å². The molecular weight excluding hydrogens is 683 g/mol. The van der Waals surface area contributed by atoms with Gasteiger partial charge in [-0.25, -0.2) is 0 Å². The van der Waals surface area contributed by atoms with Crippen molar-refractivity contribution in [1.29, 1.82) is 0 Å². The minimum Gasteiger partial charge on any atom is -0.310 e. The van der Waals surface area contributed by atoms with Crippen LogP contribution in [0.15, 0.2) is 188 Å². The van der Waals surface area contributed by atoms with Gasteiger partial charge in [0, 0.05) is 42.3 Å². The smallest absolute Gasteiger partial charge is 0.0540 e. The Labute approximate surface area is 325 Å². The third kappa shape index (κ3) is 4.99. The first-order chi connectivity index (χ1) is 27.0. The van der Waals surface area contributed by atoms with Crippen molar-refractivity contribution in [3.63, 3.8) is 0 Å². The van der Waals surface area contributed by atoms with E-state index in [0.29, 0.717) is 0 Å². The summed E-state index contributed by atoms with van der Waals surface area (Å²) in [4.78, 5) is 2.46. The molecule has 0 radical (unpaired) electrons. The molecule has 10 aromatic rings. The van der Waals surface area contributed by atoms with Gasteiger partial charge >= 0.3 is 0 Å². The van der Waals surface area contributed by atoms with Gasteiger partial charge in [-0.1, -0.05) is 153 Å². The zero-order valence-electron chi connectivity index (χ0n) is 30.8. The van der Waals surface area contributed by atoms with Crippen molar-refractivity contribution in [2.45, 2.75) is 19.3 Å². The molecule has 0 amide bonds. The van der Waals surface area contributed by atoms with Gasteiger partial charge in [-0.3, -0.25) is 0 Å². The summed E-state index contributed by atoms with van der Waals surface area (Å²) in [6, 6.07) is 69.6. The Bertz CT molecular complexity index is 3110. The van der Waals surface area contributed by atoms with Crippen molar-refractivity contribution in [2.24, 2.45) is 0 Å². The third-order valence-corrected chi connectivity index (χ3v) is 13.0. The molecule has 1 aliphatic rings. The molecule has 0 aliphatic heterocycles. The normalized spacial score (nSPS) is 13.1. The molecule has 260 valence electrons. The molecule has 55 heavy (non-hydrogen) atoms. The van der Waals surface area contributed by atoms with E-state index in [1.165, 1.54) is 86.2 Å². The number of anilines is 3. The van der Waals surface area contributed by atoms with Gasteiger partial charge in [0.2, 0.25) is 0 Å². The van der Waals surface area contributed by atoms with Crippen LogP contribution < -0.4 is 4.90 Å². The lowest BCUT2D eigenvalue weighted by molar-refractivity contribution is 0.660. The predicted octanol–water partition coefficient (Wildman–Crippen LogP) is 15.5. The lowest BCUT2D eigenvalue weighted by Gasteiger charge is -2.28. The second kappa shape index (κ2) is 12.3. The molecule has 0 fully saturated rings. The van der Waals surface area contributed by atoms with Crippen LogP contribution in [0.1, 0.15) is 25.0 Å². The molecule has 0 unspecified atom stereocenters. The van der Waals surface area contributed by atoms with Gasteiger partial charge in [0.25, 0.3) is 0 Å². The summed E-state index contributed by atoms with van der Waals surface area (Å²) in [6.45, 7) is 4.71. The third-order valence-electron chi connectivity index (χ3n) is 11.9. The van der Waals surface area contributed by atoms with Crippen molar-refractivity contribution >= 4 is 70.1 Å². The van der Waals surface area contributed by atoms with Crippen molar-refractivity contribution in [1.82, 2.24) is 0 Å². The lowest BCUT2D eigenvalue weighted by Crippen LogP contribution is -2.14. The highest BCUT2D eigenvalue weighted by Crippen LogP contribution is 2.50. The molecule has 9 aromatic carbocycles. The van der Waals surface area contributed by atoms with E-state index in [4.69, 9.17) is 0 Å². The minimum atomic E-state index is -0.0402. The van der Waals surface area contributed by atoms with Crippen LogP contribution in [0.25, 0.3) is 75.1 Å². The Balaban J connectivity index is 1.09. The van der Waals surface area contributed by atoms with Gasteiger partial charge in [-0.05, 0) is 109 Å². The molecule has 0 atom stereocenters. The standard InChI is InChI=1S/C53H37NS/c1-53(2)47-19-11-10-17-43(47)44-27-22-37(32-48(44)53)34-20-24-38(25-21-34)54(49-29-28-40(35-12-4-3-5-13-35)42-16-8-9-18-45(42)49)39-26-31-50-46(33-39)52-41-15-7-6-14-36(41)23-30-51(52)55-50/h3-33H,1-2H3. The monoisotopic (exact) mass is 719 g/mol. The number of hydrogen-bond donors (Lipinski definition) is 0. The molecule has 0 bridgehead atoms. The van der Waals surface area contributed by atoms with E-state index < -0.39 is 0 Å². The van der Waals surface area contributed by atoms with Crippen molar-refractivity contribution in [2.75, 3.05) is 4.90 Å². The molecule has 0 N–H and O–H groups in total. The van der Waals surface area contributed by atoms with Crippen LogP contribution in [-0.4, -0.2) is 0 Å². The van der Waals surface area contributed by atoms with Gasteiger partial charge < -0.3 is 4.90 Å². The van der Waals surface area contributed by atoms with E-state index in [9.17, 15) is 0 Å². The summed E-state index contributed by atoms with van der Waals surface area (Å²) in [6.07, 6.45) is 0. The average Bonchev–Trinajstić information content (AvgIpc) is 3.73. The highest BCUT2D eigenvalue weighted by molar-refractivity contribution is 7.26. The fraction of sp³-hybridized carbons (Fsp3) is 0.0566. The van der Waals surface area contributed by atoms with E-state index in [2.05, 4.69) is 207 Å². The SMILES string of the molecule is CC1(C)c2ccccc2-c2ccc(-c3ccc(N(c4ccc5sc6ccc7ccccc7c6c5c4)c4ccc(-c5ccccc5)c5ccccc45)cc3)cc21. The number of nitrogens with zero attached hydrogens (tertiary/aromatic N) is 1. The maximum absolute atomic E-state index is 2.46. The van der Waals surface area contributed by atoms with Gasteiger partial charge in [0.05, 0.1) is 5.69 Å². The molecule has 0 spiro atoms. The van der Waals surface area contributed by atoms with E-state index in [0.717, 1.165) is 17.1 Å². The number of fused-ring (bicyclic) bond motifs is 9. The summed E-state index contributed by atoms with van der Waals surface area (Å²) in [5, 5.41) is 7.66. The summed E-state index contributed by atoms with van der Waals surface area (Å²) in [5.41, 5.74) is 13.8. The fourth-order valence-corrected chi connectivity index (χ4v) is 10.2. The van der Waals surface area contributed by atoms with Crippen molar-refractivity contribution in [3.8, 4) is 33.4 Å². The van der Waals surface area contributed by atoms with Crippen molar-refractivity contribution in [3.05, 3.63) is 199 Å². The van der Waals surface area contributed by atoms with Crippen LogP contribution >= 0.6 is 11.3 Å². The molecular formula is C53H37NS. The van der Waals surface area contributed by atoms with E-state index in [1.807, 2.05) is 11.3 Å². The predicted molar refractivity (Wildman–Crippen MR) is 237 cm³/mol. The van der Waals surface area contributed by atoms with Crippen LogP contribution in [0.2, 0.25) is 0 Å². The second-order valence-corrected chi connectivity index (χ2v) is 16.4. The molecule has 0 saturated carbocycles. The van der Waals surface area contributed by atoms with Crippen LogP contribution in [0.4, 0.5) is 17.1 Å². The molecule has 1 aromatic heterocycles. The highest BCUT2D eigenvalue weighted by Gasteiger charge is 2.35. The minimum absolute atomic E-state index is 0.0402. The Kier molecular flexibility index (Phi) is 7.14. The number of benzene rings is 9. The maximum Gasteiger partial charge on any atom is 0.0540 e. The first-order valence-corrected chi connectivity index (χ1v) is 19.9. The van der Waals surface area contributed by atoms with Gasteiger partial charge in [0.15, 0.2) is 0 Å². The van der Waals surface area contributed by atoms with E-state index in [1.54, 1.807) is 0 Å². The summed E-state index contributed by atoms with van der Waals surface area (Å²) in [7, 11) is 0. The molecule has 0 saturated heterocycles. The number of rotatable bonds is 5. The topological polar surface area (TPSA) is 3.24 Å². The average molecular weight is 720 g/mol. The van der Waals surface area contributed by atoms with Crippen molar-refractivity contribution < 1.29 is 0 Å². The quantitative estimate of drug-likeness (QED) is 0.171. The van der Waals surface area contributed by atoms with Crippen LogP contribution in [0.3, 0.4) is 0 Å². The number of thiophene rings is 1. The maximum atomic E-state index is 2.46. The summed E-state index contributed by atoms with van der Waals surface area (Å²) in [5.74, 6) is 0. The largest absolute Gasteiger partial charge is 0.310 e. The molecule has 11 rings (SSSR count). The molecule has 1 heterocycles. The summed E-state index contributed by atoms with van der Waals surface area (Å²) < 4.78 is 2.62. The molecule has 2 heteroatoms. The van der Waals surface area contributed by atoms with Crippen LogP contribution in [0, 0.1) is 0 Å². The van der Waals surface area contributed by atoms with E-state index >= 15 is 0 Å². The molecule has 1 aliphatic carbocycles. The Morgan fingerprint density at radius 2 is 1.05 bits per heavy atom. The van der Waals surface area contributed by atoms with Gasteiger partial charge in [-0.15, -0.1) is 11.3 Å². The zero-order chi connectivity index (χ0) is 36.7. The second-order valence-electron chi connectivity index (χ2n) is 15.3. The zero-order valence-corrected chi connectivity index (χ0v) is 31.6. The Hall–Kier alpha value is -6.48. The van der Waals surface area contributed by atoms with Gasteiger partial charge in [-0.2, -0.15) is 0 Å². The first-order valence-electron chi connectivity index (χ1n) is 19.1. The number of hydrogen-bond acceptors (Lipinski definition) is 2. The van der Waals surface area contributed by atoms with Crippen LogP contribution in [-0.2, 0) is 5.41 Å². The highest BCUT2D eigenvalue weighted by atomic mass is 32.1. The first kappa shape index (κ1) is 32.0. The van der Waals surface area contributed by atoms with Crippen LogP contribution in [0.5, 0.6) is 0 Å². The van der Waals surface area contributed by atoms with Gasteiger partial charge in [0.1, 0.15) is 0 Å². The molecule has 1 nitrogen and oxygen atoms in total. The lowest BCUT2D eigenvalue weighted by atomic mass is 9.81. The fourth-order valence-electron chi connectivity index (χ4n) is 9.14. The Morgan fingerprint density at radius 3 is 1.91 bits per heavy atom. The Morgan fingerprint density at radius 1 is 0.400 bits per heavy atom. The summed E-state index contributed by atoms with van der Waals surface area (Å²) >= 11 is 1.88.